The number of hydrogen-bond acceptors (Lipinski definition) is 6. The van der Waals surface area contributed by atoms with Gasteiger partial charge >= 0.3 is 0 Å². The van der Waals surface area contributed by atoms with Gasteiger partial charge in [0.05, 0.1) is 30.3 Å². The molecular formula is C20H33N3O4S. The monoisotopic (exact) mass is 411 g/mol. The van der Waals surface area contributed by atoms with Gasteiger partial charge in [-0.15, -0.1) is 0 Å². The first kappa shape index (κ1) is 20.3. The number of aromatic nitrogens is 2. The van der Waals surface area contributed by atoms with Crippen molar-refractivity contribution in [2.45, 2.75) is 62.9 Å². The van der Waals surface area contributed by atoms with Crippen LogP contribution in [0.1, 0.15) is 44.2 Å². The van der Waals surface area contributed by atoms with Gasteiger partial charge in [-0.05, 0) is 57.4 Å². The molecule has 3 aliphatic rings. The van der Waals surface area contributed by atoms with E-state index < -0.39 is 9.84 Å². The summed E-state index contributed by atoms with van der Waals surface area (Å²) in [5.74, 6) is 1.19. The van der Waals surface area contributed by atoms with Gasteiger partial charge in [-0.2, -0.15) is 0 Å². The lowest BCUT2D eigenvalue weighted by molar-refractivity contribution is 0.0544. The molecule has 4 rings (SSSR count). The van der Waals surface area contributed by atoms with E-state index in [9.17, 15) is 8.42 Å². The molecule has 1 aromatic heterocycles. The third-order valence-corrected chi connectivity index (χ3v) is 7.88. The molecule has 0 spiro atoms. The quantitative estimate of drug-likeness (QED) is 0.620. The standard InChI is InChI=1S/C20H33N3O4S/c1-22(12-16-6-9-26-10-7-16)13-18-11-21-20(28(24,25)15-17-4-5-17)23(18)14-19-3-2-8-27-19/h11,16-17,19H,2-10,12-15H2,1H3. The minimum atomic E-state index is -3.35. The summed E-state index contributed by atoms with van der Waals surface area (Å²) in [5.41, 5.74) is 0.972. The molecule has 3 heterocycles. The predicted molar refractivity (Wildman–Crippen MR) is 106 cm³/mol. The van der Waals surface area contributed by atoms with Crippen molar-refractivity contribution in [2.24, 2.45) is 11.8 Å². The zero-order valence-corrected chi connectivity index (χ0v) is 17.7. The first-order valence-corrected chi connectivity index (χ1v) is 12.3. The number of hydrogen-bond donors (Lipinski definition) is 0. The van der Waals surface area contributed by atoms with Gasteiger partial charge in [-0.3, -0.25) is 0 Å². The molecule has 0 bridgehead atoms. The zero-order valence-electron chi connectivity index (χ0n) is 16.9. The Bertz CT molecular complexity index is 748. The Balaban J connectivity index is 1.49. The van der Waals surface area contributed by atoms with Gasteiger partial charge in [0.25, 0.3) is 0 Å². The second-order valence-corrected chi connectivity index (χ2v) is 10.7. The van der Waals surface area contributed by atoms with Crippen molar-refractivity contribution in [1.29, 1.82) is 0 Å². The summed E-state index contributed by atoms with van der Waals surface area (Å²) >= 11 is 0. The molecule has 3 fully saturated rings. The maximum Gasteiger partial charge on any atom is 0.227 e. The minimum Gasteiger partial charge on any atom is -0.381 e. The van der Waals surface area contributed by atoms with Crippen molar-refractivity contribution in [2.75, 3.05) is 39.2 Å². The first-order chi connectivity index (χ1) is 13.5. The number of imidazole rings is 1. The van der Waals surface area contributed by atoms with Gasteiger partial charge in [-0.1, -0.05) is 0 Å². The molecular weight excluding hydrogens is 378 g/mol. The first-order valence-electron chi connectivity index (χ1n) is 10.7. The fourth-order valence-corrected chi connectivity index (χ4v) is 6.18. The van der Waals surface area contributed by atoms with Gasteiger partial charge in [0.1, 0.15) is 0 Å². The molecule has 158 valence electrons. The lowest BCUT2D eigenvalue weighted by atomic mass is 10.00. The fourth-order valence-electron chi connectivity index (χ4n) is 4.33. The maximum absolute atomic E-state index is 12.9. The molecule has 1 unspecified atom stereocenters. The van der Waals surface area contributed by atoms with Crippen LogP contribution in [0.4, 0.5) is 0 Å². The Kier molecular flexibility index (Phi) is 6.40. The molecule has 1 saturated carbocycles. The third-order valence-electron chi connectivity index (χ3n) is 6.08. The van der Waals surface area contributed by atoms with Crippen LogP contribution in [-0.4, -0.2) is 68.1 Å². The smallest absolute Gasteiger partial charge is 0.227 e. The lowest BCUT2D eigenvalue weighted by Gasteiger charge is -2.27. The number of rotatable bonds is 9. The summed E-state index contributed by atoms with van der Waals surface area (Å²) in [6, 6.07) is 0. The van der Waals surface area contributed by atoms with E-state index in [1.54, 1.807) is 6.20 Å². The molecule has 2 aliphatic heterocycles. The predicted octanol–water partition coefficient (Wildman–Crippen LogP) is 2.10. The highest BCUT2D eigenvalue weighted by atomic mass is 32.2. The Morgan fingerprint density at radius 3 is 2.61 bits per heavy atom. The van der Waals surface area contributed by atoms with Crippen LogP contribution in [0.3, 0.4) is 0 Å². The van der Waals surface area contributed by atoms with E-state index in [4.69, 9.17) is 9.47 Å². The molecule has 28 heavy (non-hydrogen) atoms. The summed E-state index contributed by atoms with van der Waals surface area (Å²) in [7, 11) is -1.24. The van der Waals surface area contributed by atoms with Crippen LogP contribution in [0.15, 0.2) is 11.4 Å². The van der Waals surface area contributed by atoms with E-state index in [2.05, 4.69) is 16.9 Å². The molecule has 0 aromatic carbocycles. The highest BCUT2D eigenvalue weighted by Crippen LogP contribution is 2.32. The minimum absolute atomic E-state index is 0.0867. The van der Waals surface area contributed by atoms with E-state index in [1.807, 2.05) is 4.57 Å². The summed E-state index contributed by atoms with van der Waals surface area (Å²) in [5, 5.41) is 0.240. The Morgan fingerprint density at radius 1 is 1.14 bits per heavy atom. The van der Waals surface area contributed by atoms with Crippen LogP contribution in [0, 0.1) is 11.8 Å². The zero-order chi connectivity index (χ0) is 19.6. The Labute approximate surface area is 168 Å². The van der Waals surface area contributed by atoms with E-state index in [-0.39, 0.29) is 17.0 Å². The average Bonchev–Trinajstić information content (AvgIpc) is 3.15. The summed E-state index contributed by atoms with van der Waals surface area (Å²) < 4.78 is 39.1. The number of nitrogens with zero attached hydrogens (tertiary/aromatic N) is 3. The molecule has 1 atom stereocenters. The van der Waals surface area contributed by atoms with Gasteiger partial charge in [0, 0.05) is 32.9 Å². The van der Waals surface area contributed by atoms with Crippen molar-refractivity contribution in [3.05, 3.63) is 11.9 Å². The van der Waals surface area contributed by atoms with Crippen molar-refractivity contribution in [3.63, 3.8) is 0 Å². The summed E-state index contributed by atoms with van der Waals surface area (Å²) in [4.78, 5) is 6.67. The van der Waals surface area contributed by atoms with Crippen LogP contribution in [0.5, 0.6) is 0 Å². The van der Waals surface area contributed by atoms with Crippen LogP contribution < -0.4 is 0 Å². The van der Waals surface area contributed by atoms with Crippen molar-refractivity contribution < 1.29 is 17.9 Å². The fraction of sp³-hybridized carbons (Fsp3) is 0.850. The van der Waals surface area contributed by atoms with Gasteiger partial charge < -0.3 is 18.9 Å². The Hall–Kier alpha value is -0.960. The van der Waals surface area contributed by atoms with Gasteiger partial charge in [0.2, 0.25) is 15.0 Å². The van der Waals surface area contributed by atoms with Crippen LogP contribution in [0.2, 0.25) is 0 Å². The topological polar surface area (TPSA) is 73.7 Å². The van der Waals surface area contributed by atoms with E-state index in [0.29, 0.717) is 24.9 Å². The van der Waals surface area contributed by atoms with Crippen LogP contribution in [0.25, 0.3) is 0 Å². The van der Waals surface area contributed by atoms with Crippen molar-refractivity contribution in [3.8, 4) is 0 Å². The highest BCUT2D eigenvalue weighted by Gasteiger charge is 2.33. The van der Waals surface area contributed by atoms with Crippen LogP contribution >= 0.6 is 0 Å². The second-order valence-electron chi connectivity index (χ2n) is 8.76. The molecule has 0 amide bonds. The highest BCUT2D eigenvalue weighted by molar-refractivity contribution is 7.91. The number of sulfone groups is 1. The van der Waals surface area contributed by atoms with Crippen molar-refractivity contribution >= 4 is 9.84 Å². The molecule has 1 aliphatic carbocycles. The summed E-state index contributed by atoms with van der Waals surface area (Å²) in [6.07, 6.45) is 8.11. The maximum atomic E-state index is 12.9. The molecule has 0 radical (unpaired) electrons. The number of ether oxygens (including phenoxy) is 2. The van der Waals surface area contributed by atoms with E-state index in [1.165, 1.54) is 0 Å². The lowest BCUT2D eigenvalue weighted by Crippen LogP contribution is -2.31. The van der Waals surface area contributed by atoms with Gasteiger partial charge in [0.15, 0.2) is 0 Å². The molecule has 7 nitrogen and oxygen atoms in total. The molecule has 0 N–H and O–H groups in total. The second kappa shape index (κ2) is 8.81. The molecule has 8 heteroatoms. The third kappa shape index (κ3) is 5.14. The molecule has 2 saturated heterocycles. The Morgan fingerprint density at radius 2 is 1.93 bits per heavy atom. The average molecular weight is 412 g/mol. The normalized spacial score (nSPS) is 24.3. The molecule has 1 aromatic rings. The van der Waals surface area contributed by atoms with E-state index in [0.717, 1.165) is 70.6 Å². The van der Waals surface area contributed by atoms with Gasteiger partial charge in [-0.25, -0.2) is 13.4 Å². The largest absolute Gasteiger partial charge is 0.381 e. The van der Waals surface area contributed by atoms with E-state index >= 15 is 0 Å². The summed E-state index contributed by atoms with van der Waals surface area (Å²) in [6.45, 7) is 4.74. The van der Waals surface area contributed by atoms with Crippen LogP contribution in [-0.2, 0) is 32.4 Å². The SMILES string of the molecule is CN(Cc1cnc(S(=O)(=O)CC2CC2)n1CC1CCCO1)CC1CCOCC1. The van der Waals surface area contributed by atoms with Crippen molar-refractivity contribution in [1.82, 2.24) is 14.5 Å².